The van der Waals surface area contributed by atoms with Crippen LogP contribution in [0.4, 0.5) is 0 Å². The highest BCUT2D eigenvalue weighted by molar-refractivity contribution is 5.87. The molecule has 0 aromatic rings. The molecule has 0 bridgehead atoms. The monoisotopic (exact) mass is 181 g/mol. The highest BCUT2D eigenvalue weighted by Gasteiger charge is 2.29. The lowest BCUT2D eigenvalue weighted by Gasteiger charge is -2.35. The molecule has 2 atom stereocenters. The maximum absolute atomic E-state index is 11.3. The van der Waals surface area contributed by atoms with Crippen LogP contribution in [-0.4, -0.2) is 28.7 Å². The van der Waals surface area contributed by atoms with E-state index in [0.29, 0.717) is 6.42 Å². The third kappa shape index (κ3) is 1.97. The fourth-order valence-corrected chi connectivity index (χ4v) is 1.76. The lowest BCUT2D eigenvalue weighted by Crippen LogP contribution is -2.49. The molecule has 1 aliphatic heterocycles. The van der Waals surface area contributed by atoms with E-state index < -0.39 is 0 Å². The summed E-state index contributed by atoms with van der Waals surface area (Å²) in [5.74, 6) is 0.0310. The molecule has 72 valence electrons. The molecule has 1 rings (SSSR count). The molecular weight excluding hydrogens is 166 g/mol. The molecule has 1 heterocycles. The summed E-state index contributed by atoms with van der Waals surface area (Å²) in [5, 5.41) is 0. The van der Waals surface area contributed by atoms with Gasteiger partial charge in [-0.3, -0.25) is 9.59 Å². The van der Waals surface area contributed by atoms with E-state index in [-0.39, 0.29) is 23.8 Å². The normalized spacial score (nSPS) is 27.5. The van der Waals surface area contributed by atoms with Gasteiger partial charge in [-0.15, -0.1) is 0 Å². The van der Waals surface area contributed by atoms with E-state index in [9.17, 15) is 9.59 Å². The van der Waals surface area contributed by atoms with Gasteiger partial charge in [0.2, 0.25) is 5.91 Å². The summed E-state index contributed by atoms with van der Waals surface area (Å²) in [6.07, 6.45) is 4.58. The van der Waals surface area contributed by atoms with Gasteiger partial charge in [-0.1, -0.05) is 12.2 Å². The number of hydrogen-bond acceptors (Lipinski definition) is 2. The number of rotatable bonds is 1. The highest BCUT2D eigenvalue weighted by Crippen LogP contribution is 2.17. The first kappa shape index (κ1) is 9.96. The van der Waals surface area contributed by atoms with Crippen molar-refractivity contribution in [3.8, 4) is 0 Å². The first-order valence-electron chi connectivity index (χ1n) is 4.50. The summed E-state index contributed by atoms with van der Waals surface area (Å²) in [4.78, 5) is 24.1. The van der Waals surface area contributed by atoms with Gasteiger partial charge in [-0.05, 0) is 20.3 Å². The van der Waals surface area contributed by atoms with Crippen LogP contribution in [0.1, 0.15) is 27.2 Å². The van der Waals surface area contributed by atoms with Crippen molar-refractivity contribution in [1.29, 1.82) is 0 Å². The summed E-state index contributed by atoms with van der Waals surface area (Å²) in [6.45, 7) is 4.96. The van der Waals surface area contributed by atoms with Gasteiger partial charge >= 0.3 is 0 Å². The van der Waals surface area contributed by atoms with Crippen molar-refractivity contribution in [3.63, 3.8) is 0 Å². The maximum Gasteiger partial charge on any atom is 0.220 e. The number of amides is 1. The summed E-state index contributed by atoms with van der Waals surface area (Å²) in [6, 6.07) is -0.211. The van der Waals surface area contributed by atoms with Crippen LogP contribution in [0.25, 0.3) is 0 Å². The zero-order chi connectivity index (χ0) is 10.0. The lowest BCUT2D eigenvalue weighted by molar-refractivity contribution is -0.138. The Kier molecular flexibility index (Phi) is 2.86. The molecule has 0 aromatic carbocycles. The second-order valence-electron chi connectivity index (χ2n) is 3.46. The van der Waals surface area contributed by atoms with E-state index in [1.165, 1.54) is 13.8 Å². The van der Waals surface area contributed by atoms with E-state index in [1.807, 2.05) is 19.1 Å². The van der Waals surface area contributed by atoms with E-state index >= 15 is 0 Å². The van der Waals surface area contributed by atoms with Crippen LogP contribution in [0.5, 0.6) is 0 Å². The third-order valence-corrected chi connectivity index (χ3v) is 2.38. The van der Waals surface area contributed by atoms with Crippen molar-refractivity contribution in [2.75, 3.05) is 0 Å². The van der Waals surface area contributed by atoms with Crippen LogP contribution in [0.2, 0.25) is 0 Å². The highest BCUT2D eigenvalue weighted by atomic mass is 16.2. The van der Waals surface area contributed by atoms with Crippen LogP contribution >= 0.6 is 0 Å². The summed E-state index contributed by atoms with van der Waals surface area (Å²) in [7, 11) is 0. The predicted molar refractivity (Wildman–Crippen MR) is 50.2 cm³/mol. The average molecular weight is 181 g/mol. The first-order valence-corrected chi connectivity index (χ1v) is 4.50. The van der Waals surface area contributed by atoms with Crippen molar-refractivity contribution in [2.45, 2.75) is 39.3 Å². The molecule has 0 fully saturated rings. The fourth-order valence-electron chi connectivity index (χ4n) is 1.76. The number of ketones is 1. The molecule has 1 amide bonds. The van der Waals surface area contributed by atoms with Crippen molar-refractivity contribution in [2.24, 2.45) is 0 Å². The van der Waals surface area contributed by atoms with Gasteiger partial charge in [0.25, 0.3) is 0 Å². The SMILES string of the molecule is CC(=O)[C@@H]1CC=C[C@@H](C)N1C(C)=O. The Morgan fingerprint density at radius 2 is 2.00 bits per heavy atom. The van der Waals surface area contributed by atoms with Crippen molar-refractivity contribution in [1.82, 2.24) is 4.90 Å². The van der Waals surface area contributed by atoms with Gasteiger partial charge in [-0.2, -0.15) is 0 Å². The van der Waals surface area contributed by atoms with Gasteiger partial charge in [0.1, 0.15) is 0 Å². The van der Waals surface area contributed by atoms with Gasteiger partial charge in [0, 0.05) is 13.0 Å². The maximum atomic E-state index is 11.3. The van der Waals surface area contributed by atoms with Crippen molar-refractivity contribution >= 4 is 11.7 Å². The van der Waals surface area contributed by atoms with Gasteiger partial charge in [0.05, 0.1) is 6.04 Å². The minimum Gasteiger partial charge on any atom is -0.326 e. The minimum absolute atomic E-state index is 0.0305. The number of Topliss-reactive ketones (excluding diaryl/α,β-unsaturated/α-hetero) is 1. The molecule has 0 saturated carbocycles. The lowest BCUT2D eigenvalue weighted by atomic mass is 10.0. The molecule has 0 aromatic heterocycles. The topological polar surface area (TPSA) is 37.4 Å². The standard InChI is InChI=1S/C10H15NO2/c1-7-5-4-6-10(8(2)12)11(7)9(3)13/h4-5,7,10H,6H2,1-3H3/t7-,10+/m1/s1. The van der Waals surface area contributed by atoms with Crippen LogP contribution < -0.4 is 0 Å². The first-order chi connectivity index (χ1) is 6.04. The zero-order valence-corrected chi connectivity index (χ0v) is 8.28. The van der Waals surface area contributed by atoms with Gasteiger partial charge < -0.3 is 4.90 Å². The number of hydrogen-bond donors (Lipinski definition) is 0. The van der Waals surface area contributed by atoms with Crippen LogP contribution in [0.3, 0.4) is 0 Å². The minimum atomic E-state index is -0.252. The molecule has 0 saturated heterocycles. The van der Waals surface area contributed by atoms with Crippen LogP contribution in [0, 0.1) is 0 Å². The molecule has 0 aliphatic carbocycles. The quantitative estimate of drug-likeness (QED) is 0.569. The van der Waals surface area contributed by atoms with E-state index in [2.05, 4.69) is 0 Å². The number of carbonyl (C=O) groups is 2. The second-order valence-corrected chi connectivity index (χ2v) is 3.46. The molecule has 3 nitrogen and oxygen atoms in total. The Bertz CT molecular complexity index is 258. The fraction of sp³-hybridized carbons (Fsp3) is 0.600. The molecule has 3 heteroatoms. The predicted octanol–water partition coefficient (Wildman–Crippen LogP) is 1.14. The molecule has 13 heavy (non-hydrogen) atoms. The van der Waals surface area contributed by atoms with Gasteiger partial charge in [-0.25, -0.2) is 0 Å². The Hall–Kier alpha value is -1.12. The van der Waals surface area contributed by atoms with Crippen LogP contribution in [-0.2, 0) is 9.59 Å². The summed E-state index contributed by atoms with van der Waals surface area (Å²) >= 11 is 0. The summed E-state index contributed by atoms with van der Waals surface area (Å²) < 4.78 is 0. The Morgan fingerprint density at radius 3 is 2.38 bits per heavy atom. The second kappa shape index (κ2) is 3.73. The molecule has 0 radical (unpaired) electrons. The average Bonchev–Trinajstić information content (AvgIpc) is 2.02. The molecular formula is C10H15NO2. The molecule has 0 spiro atoms. The number of nitrogens with zero attached hydrogens (tertiary/aromatic N) is 1. The van der Waals surface area contributed by atoms with Crippen molar-refractivity contribution < 1.29 is 9.59 Å². The number of carbonyl (C=O) groups excluding carboxylic acids is 2. The zero-order valence-electron chi connectivity index (χ0n) is 8.28. The molecule has 1 aliphatic rings. The molecule has 0 N–H and O–H groups in total. The van der Waals surface area contributed by atoms with Crippen molar-refractivity contribution in [3.05, 3.63) is 12.2 Å². The third-order valence-electron chi connectivity index (χ3n) is 2.38. The van der Waals surface area contributed by atoms with E-state index in [1.54, 1.807) is 4.90 Å². The van der Waals surface area contributed by atoms with E-state index in [4.69, 9.17) is 0 Å². The molecule has 0 unspecified atom stereocenters. The summed E-state index contributed by atoms with van der Waals surface area (Å²) in [5.41, 5.74) is 0. The largest absolute Gasteiger partial charge is 0.326 e. The Morgan fingerprint density at radius 1 is 1.38 bits per heavy atom. The Balaban J connectivity index is 2.89. The van der Waals surface area contributed by atoms with Crippen LogP contribution in [0.15, 0.2) is 12.2 Å². The Labute approximate surface area is 78.4 Å². The van der Waals surface area contributed by atoms with E-state index in [0.717, 1.165) is 0 Å². The smallest absolute Gasteiger partial charge is 0.220 e. The van der Waals surface area contributed by atoms with Gasteiger partial charge in [0.15, 0.2) is 5.78 Å².